The maximum absolute atomic E-state index is 10.9. The van der Waals surface area contributed by atoms with E-state index in [4.69, 9.17) is 9.79 Å². The van der Waals surface area contributed by atoms with E-state index in [1.54, 1.807) is 12.1 Å². The van der Waals surface area contributed by atoms with Gasteiger partial charge in [0.25, 0.3) is 0 Å². The Labute approximate surface area is 142 Å². The minimum Gasteiger partial charge on any atom is -0.507 e. The maximum atomic E-state index is 10.9. The molecular formula is C15H25NiO5P. The van der Waals surface area contributed by atoms with Crippen LogP contribution in [0.4, 0.5) is 0 Å². The number of rotatable bonds is 3. The Kier molecular flexibility index (Phi) is 6.90. The first-order valence-electron chi connectivity index (χ1n) is 6.79. The third-order valence-corrected chi connectivity index (χ3v) is 3.65. The molecule has 0 fully saturated rings. The fourth-order valence-corrected chi connectivity index (χ4v) is 2.40. The zero-order valence-corrected chi connectivity index (χ0v) is 15.7. The van der Waals surface area contributed by atoms with Gasteiger partial charge in [-0.15, -0.1) is 0 Å². The largest absolute Gasteiger partial charge is 0.507 e. The van der Waals surface area contributed by atoms with Gasteiger partial charge in [-0.1, -0.05) is 41.5 Å². The molecule has 1 rings (SSSR count). The Hall–Kier alpha value is -0.376. The molecule has 0 aliphatic rings. The quantitative estimate of drug-likeness (QED) is 0.555. The average Bonchev–Trinajstić information content (AvgIpc) is 2.23. The second-order valence-electron chi connectivity index (χ2n) is 7.30. The summed E-state index contributed by atoms with van der Waals surface area (Å²) in [7, 11) is -4.52. The molecule has 1 aromatic rings. The van der Waals surface area contributed by atoms with Crippen LogP contribution in [-0.4, -0.2) is 14.9 Å². The normalized spacial score (nSPS) is 12.9. The topological polar surface area (TPSA) is 87.0 Å². The van der Waals surface area contributed by atoms with Crippen LogP contribution in [0.2, 0.25) is 0 Å². The Morgan fingerprint density at radius 2 is 1.36 bits per heavy atom. The predicted octanol–water partition coefficient (Wildman–Crippen LogP) is 3.59. The summed E-state index contributed by atoms with van der Waals surface area (Å²) >= 11 is 0. The van der Waals surface area contributed by atoms with Crippen LogP contribution in [0.1, 0.15) is 58.2 Å². The number of phosphoric acid groups is 1. The fraction of sp³-hybridized carbons (Fsp3) is 0.600. The van der Waals surface area contributed by atoms with Crippen molar-refractivity contribution in [2.75, 3.05) is 0 Å². The van der Waals surface area contributed by atoms with Crippen LogP contribution in [-0.2, 0) is 43.0 Å². The first-order chi connectivity index (χ1) is 9.22. The number of benzene rings is 1. The van der Waals surface area contributed by atoms with Crippen LogP contribution in [0, 0.1) is 0 Å². The zero-order valence-electron chi connectivity index (χ0n) is 13.8. The second-order valence-corrected chi connectivity index (χ2v) is 8.54. The van der Waals surface area contributed by atoms with Gasteiger partial charge in [-0.25, -0.2) is 4.57 Å². The average molecular weight is 375 g/mol. The molecule has 1 aromatic carbocycles. The van der Waals surface area contributed by atoms with E-state index < -0.39 is 7.82 Å². The van der Waals surface area contributed by atoms with Crippen LogP contribution in [0.3, 0.4) is 0 Å². The number of phosphoric ester groups is 1. The van der Waals surface area contributed by atoms with E-state index in [1.165, 1.54) is 0 Å². The standard InChI is InChI=1S/C15H25O5P.Ni/c1-14(2,3)11-7-10(9-20-21(17,18)19)8-12(13(11)16)15(4,5)6;/h7-8,16H,9H2,1-6H3,(H2,17,18,19);. The van der Waals surface area contributed by atoms with Gasteiger partial charge in [0.2, 0.25) is 0 Å². The Morgan fingerprint density at radius 3 is 1.64 bits per heavy atom. The van der Waals surface area contributed by atoms with Crippen molar-refractivity contribution in [3.8, 4) is 5.75 Å². The number of aromatic hydroxyl groups is 1. The molecule has 0 atom stereocenters. The molecule has 130 valence electrons. The van der Waals surface area contributed by atoms with E-state index in [2.05, 4.69) is 4.52 Å². The molecule has 0 bridgehead atoms. The number of hydrogen-bond donors (Lipinski definition) is 3. The number of hydrogen-bond acceptors (Lipinski definition) is 3. The van der Waals surface area contributed by atoms with Crippen LogP contribution >= 0.6 is 7.82 Å². The van der Waals surface area contributed by atoms with Crippen molar-refractivity contribution in [2.24, 2.45) is 0 Å². The number of phenols is 1. The number of phenolic OH excluding ortho intramolecular Hbond substituents is 1. The molecule has 7 heteroatoms. The molecule has 0 amide bonds. The van der Waals surface area contributed by atoms with Gasteiger partial charge in [0.15, 0.2) is 0 Å². The summed E-state index contributed by atoms with van der Waals surface area (Å²) in [4.78, 5) is 17.7. The van der Waals surface area contributed by atoms with E-state index >= 15 is 0 Å². The van der Waals surface area contributed by atoms with Gasteiger partial charge in [0.1, 0.15) is 5.75 Å². The van der Waals surface area contributed by atoms with Gasteiger partial charge < -0.3 is 14.9 Å². The minimum atomic E-state index is -4.52. The summed E-state index contributed by atoms with van der Waals surface area (Å²) in [5, 5.41) is 10.5. The Balaban J connectivity index is 0.00000441. The summed E-state index contributed by atoms with van der Waals surface area (Å²) in [6.45, 7) is 11.6. The first kappa shape index (κ1) is 21.6. The smallest absolute Gasteiger partial charge is 0.469 e. The molecule has 0 unspecified atom stereocenters. The van der Waals surface area contributed by atoms with Crippen LogP contribution in [0.15, 0.2) is 12.1 Å². The van der Waals surface area contributed by atoms with Crippen molar-refractivity contribution in [2.45, 2.75) is 59.0 Å². The van der Waals surface area contributed by atoms with E-state index in [1.807, 2.05) is 41.5 Å². The van der Waals surface area contributed by atoms with Crippen molar-refractivity contribution in [3.63, 3.8) is 0 Å². The van der Waals surface area contributed by atoms with Crippen molar-refractivity contribution in [3.05, 3.63) is 28.8 Å². The summed E-state index contributed by atoms with van der Waals surface area (Å²) in [5.74, 6) is 0.231. The van der Waals surface area contributed by atoms with E-state index in [-0.39, 0.29) is 39.7 Å². The predicted molar refractivity (Wildman–Crippen MR) is 82.3 cm³/mol. The molecule has 3 N–H and O–H groups in total. The van der Waals surface area contributed by atoms with Crippen molar-refractivity contribution >= 4 is 7.82 Å². The van der Waals surface area contributed by atoms with Gasteiger partial charge in [0.05, 0.1) is 6.61 Å². The summed E-state index contributed by atoms with van der Waals surface area (Å²) in [6.07, 6.45) is 0. The van der Waals surface area contributed by atoms with Gasteiger partial charge in [-0.2, -0.15) is 0 Å². The maximum Gasteiger partial charge on any atom is 0.469 e. The molecule has 0 saturated heterocycles. The summed E-state index contributed by atoms with van der Waals surface area (Å²) < 4.78 is 15.4. The van der Waals surface area contributed by atoms with Crippen molar-refractivity contribution < 1.29 is 40.5 Å². The van der Waals surface area contributed by atoms with Crippen molar-refractivity contribution in [1.29, 1.82) is 0 Å². The molecule has 0 radical (unpaired) electrons. The first-order valence-corrected chi connectivity index (χ1v) is 8.32. The van der Waals surface area contributed by atoms with Gasteiger partial charge in [0, 0.05) is 16.5 Å². The molecule has 5 nitrogen and oxygen atoms in total. The van der Waals surface area contributed by atoms with Gasteiger partial charge >= 0.3 is 7.82 Å². The molecule has 22 heavy (non-hydrogen) atoms. The zero-order chi connectivity index (χ0) is 16.6. The third-order valence-electron chi connectivity index (χ3n) is 3.19. The van der Waals surface area contributed by atoms with Crippen LogP contribution < -0.4 is 0 Å². The Morgan fingerprint density at radius 1 is 1.00 bits per heavy atom. The fourth-order valence-electron chi connectivity index (χ4n) is 2.08. The third kappa shape index (κ3) is 6.02. The van der Waals surface area contributed by atoms with E-state index in [0.717, 1.165) is 11.1 Å². The molecule has 0 spiro atoms. The molecular weight excluding hydrogens is 350 g/mol. The summed E-state index contributed by atoms with van der Waals surface area (Å²) in [5.41, 5.74) is 1.52. The molecule has 0 saturated carbocycles. The van der Waals surface area contributed by atoms with Crippen molar-refractivity contribution in [1.82, 2.24) is 0 Å². The van der Waals surface area contributed by atoms with Gasteiger partial charge in [-0.3, -0.25) is 4.52 Å². The SMILES string of the molecule is CC(C)(C)c1cc(COP(=O)(O)O)cc(C(C)(C)C)c1O.[Ni]. The minimum absolute atomic E-state index is 0. The molecule has 0 aliphatic carbocycles. The van der Waals surface area contributed by atoms with E-state index in [0.29, 0.717) is 5.56 Å². The molecule has 0 aliphatic heterocycles. The van der Waals surface area contributed by atoms with E-state index in [9.17, 15) is 9.67 Å². The monoisotopic (exact) mass is 374 g/mol. The van der Waals surface area contributed by atoms with Crippen LogP contribution in [0.5, 0.6) is 5.75 Å². The second kappa shape index (κ2) is 7.02. The Bertz CT molecular complexity index is 531. The molecule has 0 aromatic heterocycles. The summed E-state index contributed by atoms with van der Waals surface area (Å²) in [6, 6.07) is 3.47. The van der Waals surface area contributed by atoms with Crippen LogP contribution in [0.25, 0.3) is 0 Å². The molecule has 0 heterocycles. The van der Waals surface area contributed by atoms with Gasteiger partial charge in [-0.05, 0) is 39.7 Å².